The lowest BCUT2D eigenvalue weighted by Gasteiger charge is -2.46. The van der Waals surface area contributed by atoms with Crippen LogP contribution < -0.4 is 11.5 Å². The molecule has 1 saturated heterocycles. The Kier molecular flexibility index (Phi) is 8.77. The standard InChI is InChI=1S/C30H36N8O3/c1-19-17-38(30(41)24(32)14-21-5-7-26-28(16-21)36-11-9-34-26)22(3-2-12-39)18-37(19)29(40)23(31)13-20-4-6-25-27(15-20)35-10-8-33-25/h4-11,15-16,19,22-24,39H,2-3,12-14,17-18,31-32H2,1H3. The zero-order valence-corrected chi connectivity index (χ0v) is 23.1. The second-order valence-electron chi connectivity index (χ2n) is 10.7. The van der Waals surface area contributed by atoms with Gasteiger partial charge >= 0.3 is 0 Å². The van der Waals surface area contributed by atoms with Gasteiger partial charge in [-0.15, -0.1) is 0 Å². The first-order chi connectivity index (χ1) is 19.8. The lowest BCUT2D eigenvalue weighted by molar-refractivity contribution is -0.148. The fourth-order valence-corrected chi connectivity index (χ4v) is 5.57. The van der Waals surface area contributed by atoms with Crippen molar-refractivity contribution in [2.24, 2.45) is 11.5 Å². The van der Waals surface area contributed by atoms with Gasteiger partial charge in [0.05, 0.1) is 34.2 Å². The Hall–Kier alpha value is -4.06. The van der Waals surface area contributed by atoms with E-state index in [2.05, 4.69) is 19.9 Å². The molecule has 5 rings (SSSR count). The maximum absolute atomic E-state index is 13.6. The van der Waals surface area contributed by atoms with Crippen molar-refractivity contribution >= 4 is 33.9 Å². The molecule has 1 aliphatic heterocycles. The fourth-order valence-electron chi connectivity index (χ4n) is 5.57. The van der Waals surface area contributed by atoms with Gasteiger partial charge in [0.1, 0.15) is 0 Å². The SMILES string of the molecule is CC1CN(C(=O)C(N)Cc2ccc3nccnc3c2)C(CCCO)CN1C(=O)C(N)Cc1ccc2nccnc2c1. The van der Waals surface area contributed by atoms with E-state index in [0.717, 1.165) is 33.2 Å². The molecule has 2 aromatic carbocycles. The molecular formula is C30H36N8O3. The summed E-state index contributed by atoms with van der Waals surface area (Å²) in [6.45, 7) is 2.60. The van der Waals surface area contributed by atoms with Crippen molar-refractivity contribution in [1.29, 1.82) is 0 Å². The van der Waals surface area contributed by atoms with E-state index >= 15 is 0 Å². The smallest absolute Gasteiger partial charge is 0.240 e. The number of amides is 2. The van der Waals surface area contributed by atoms with Gasteiger partial charge in [-0.2, -0.15) is 0 Å². The molecule has 11 nitrogen and oxygen atoms in total. The van der Waals surface area contributed by atoms with Crippen LogP contribution >= 0.6 is 0 Å². The van der Waals surface area contributed by atoms with E-state index in [4.69, 9.17) is 11.5 Å². The highest BCUT2D eigenvalue weighted by Gasteiger charge is 2.39. The first-order valence-electron chi connectivity index (χ1n) is 14.0. The molecule has 1 aliphatic rings. The number of aliphatic hydroxyl groups excluding tert-OH is 1. The van der Waals surface area contributed by atoms with Gasteiger partial charge in [-0.3, -0.25) is 29.5 Å². The van der Waals surface area contributed by atoms with Crippen LogP contribution in [0, 0.1) is 0 Å². The third-order valence-electron chi connectivity index (χ3n) is 7.72. The predicted octanol–water partition coefficient (Wildman–Crippen LogP) is 1.21. The molecule has 4 atom stereocenters. The van der Waals surface area contributed by atoms with Crippen LogP contribution in [0.1, 0.15) is 30.9 Å². The molecule has 2 amide bonds. The minimum atomic E-state index is -0.756. The summed E-state index contributed by atoms with van der Waals surface area (Å²) < 4.78 is 0. The highest BCUT2D eigenvalue weighted by Crippen LogP contribution is 2.23. The van der Waals surface area contributed by atoms with Gasteiger partial charge in [0.25, 0.3) is 0 Å². The molecule has 5 N–H and O–H groups in total. The molecule has 1 fully saturated rings. The van der Waals surface area contributed by atoms with E-state index in [-0.39, 0.29) is 30.5 Å². The average molecular weight is 557 g/mol. The van der Waals surface area contributed by atoms with Crippen molar-refractivity contribution in [2.75, 3.05) is 19.7 Å². The van der Waals surface area contributed by atoms with E-state index in [1.165, 1.54) is 0 Å². The molecule has 11 heteroatoms. The Morgan fingerprint density at radius 3 is 1.80 bits per heavy atom. The number of piperazine rings is 1. The number of aliphatic hydroxyl groups is 1. The summed E-state index contributed by atoms with van der Waals surface area (Å²) in [5, 5.41) is 9.52. The van der Waals surface area contributed by atoms with Crippen LogP contribution in [0.2, 0.25) is 0 Å². The van der Waals surface area contributed by atoms with E-state index < -0.39 is 12.1 Å². The molecule has 4 unspecified atom stereocenters. The van der Waals surface area contributed by atoms with Gasteiger partial charge in [0, 0.05) is 56.6 Å². The highest BCUT2D eigenvalue weighted by atomic mass is 16.3. The Morgan fingerprint density at radius 1 is 0.805 bits per heavy atom. The van der Waals surface area contributed by atoms with Gasteiger partial charge in [0.2, 0.25) is 11.8 Å². The molecule has 0 aliphatic carbocycles. The number of nitrogens with two attached hydrogens (primary N) is 2. The van der Waals surface area contributed by atoms with Gasteiger partial charge in [-0.05, 0) is 68.0 Å². The molecule has 0 bridgehead atoms. The summed E-state index contributed by atoms with van der Waals surface area (Å²) in [7, 11) is 0. The second kappa shape index (κ2) is 12.6. The first kappa shape index (κ1) is 28.5. The molecule has 0 radical (unpaired) electrons. The van der Waals surface area contributed by atoms with Crippen molar-refractivity contribution in [2.45, 2.75) is 56.8 Å². The van der Waals surface area contributed by atoms with E-state index in [1.807, 2.05) is 43.3 Å². The Balaban J connectivity index is 1.26. The highest BCUT2D eigenvalue weighted by molar-refractivity contribution is 5.85. The third kappa shape index (κ3) is 6.48. The lowest BCUT2D eigenvalue weighted by Crippen LogP contribution is -2.64. The third-order valence-corrected chi connectivity index (χ3v) is 7.72. The van der Waals surface area contributed by atoms with Crippen LogP contribution in [0.25, 0.3) is 22.1 Å². The van der Waals surface area contributed by atoms with Crippen LogP contribution in [-0.2, 0) is 22.4 Å². The van der Waals surface area contributed by atoms with Gasteiger partial charge in [-0.25, -0.2) is 0 Å². The quantitative estimate of drug-likeness (QED) is 0.275. The molecule has 0 saturated carbocycles. The van der Waals surface area contributed by atoms with Crippen molar-refractivity contribution in [1.82, 2.24) is 29.7 Å². The van der Waals surface area contributed by atoms with Crippen molar-refractivity contribution in [3.05, 3.63) is 72.3 Å². The van der Waals surface area contributed by atoms with E-state index in [9.17, 15) is 14.7 Å². The van der Waals surface area contributed by atoms with Crippen LogP contribution in [0.15, 0.2) is 61.2 Å². The molecule has 2 aromatic heterocycles. The molecule has 214 valence electrons. The number of nitrogens with zero attached hydrogens (tertiary/aromatic N) is 6. The summed E-state index contributed by atoms with van der Waals surface area (Å²) in [6, 6.07) is 9.37. The van der Waals surface area contributed by atoms with Gasteiger partial charge in [-0.1, -0.05) is 12.1 Å². The Morgan fingerprint density at radius 2 is 1.29 bits per heavy atom. The number of aromatic nitrogens is 4. The number of benzene rings is 2. The molecule has 3 heterocycles. The maximum Gasteiger partial charge on any atom is 0.240 e. The number of carbonyl (C=O) groups excluding carboxylic acids is 2. The van der Waals surface area contributed by atoms with Crippen molar-refractivity contribution in [3.63, 3.8) is 0 Å². The van der Waals surface area contributed by atoms with Crippen LogP contribution in [0.3, 0.4) is 0 Å². The maximum atomic E-state index is 13.6. The molecular weight excluding hydrogens is 520 g/mol. The first-order valence-corrected chi connectivity index (χ1v) is 14.0. The zero-order chi connectivity index (χ0) is 28.9. The van der Waals surface area contributed by atoms with Gasteiger partial charge < -0.3 is 26.4 Å². The largest absolute Gasteiger partial charge is 0.396 e. The van der Waals surface area contributed by atoms with Crippen LogP contribution in [-0.4, -0.2) is 90.5 Å². The fraction of sp³-hybridized carbons (Fsp3) is 0.400. The number of rotatable bonds is 9. The summed E-state index contributed by atoms with van der Waals surface area (Å²) in [6.07, 6.45) is 8.32. The monoisotopic (exact) mass is 556 g/mol. The molecule has 41 heavy (non-hydrogen) atoms. The Bertz CT molecular complexity index is 1530. The summed E-state index contributed by atoms with van der Waals surface area (Å²) in [5.41, 5.74) is 17.7. The van der Waals surface area contributed by atoms with Crippen LogP contribution in [0.4, 0.5) is 0 Å². The second-order valence-corrected chi connectivity index (χ2v) is 10.7. The zero-order valence-electron chi connectivity index (χ0n) is 23.1. The van der Waals surface area contributed by atoms with Crippen molar-refractivity contribution in [3.8, 4) is 0 Å². The number of carbonyl (C=O) groups is 2. The summed E-state index contributed by atoms with van der Waals surface area (Å²) in [5.74, 6) is -0.341. The minimum absolute atomic E-state index is 0.00339. The topological polar surface area (TPSA) is 164 Å². The number of hydrogen-bond acceptors (Lipinski definition) is 9. The van der Waals surface area contributed by atoms with Gasteiger partial charge in [0.15, 0.2) is 0 Å². The minimum Gasteiger partial charge on any atom is -0.396 e. The number of hydrogen-bond donors (Lipinski definition) is 3. The van der Waals surface area contributed by atoms with Crippen molar-refractivity contribution < 1.29 is 14.7 Å². The summed E-state index contributed by atoms with van der Waals surface area (Å²) >= 11 is 0. The number of fused-ring (bicyclic) bond motifs is 2. The summed E-state index contributed by atoms with van der Waals surface area (Å²) in [4.78, 5) is 48.0. The van der Waals surface area contributed by atoms with E-state index in [0.29, 0.717) is 38.8 Å². The Labute approximate surface area is 238 Å². The average Bonchev–Trinajstić information content (AvgIpc) is 2.99. The predicted molar refractivity (Wildman–Crippen MR) is 155 cm³/mol. The molecule has 0 spiro atoms. The molecule has 4 aromatic rings. The van der Waals surface area contributed by atoms with Crippen LogP contribution in [0.5, 0.6) is 0 Å². The lowest BCUT2D eigenvalue weighted by atomic mass is 9.97. The van der Waals surface area contributed by atoms with E-state index in [1.54, 1.807) is 34.6 Å². The normalized spacial score (nSPS) is 18.9.